The van der Waals surface area contributed by atoms with E-state index in [1.807, 2.05) is 31.2 Å². The van der Waals surface area contributed by atoms with Gasteiger partial charge in [0.15, 0.2) is 0 Å². The molecule has 0 fully saturated rings. The van der Waals surface area contributed by atoms with E-state index in [2.05, 4.69) is 5.48 Å². The summed E-state index contributed by atoms with van der Waals surface area (Å²) in [6.45, 7) is 3.87. The van der Waals surface area contributed by atoms with Crippen LogP contribution in [0.5, 0.6) is 0 Å². The van der Waals surface area contributed by atoms with Gasteiger partial charge in [-0.15, -0.1) is 0 Å². The molecule has 4 heteroatoms. The molecule has 0 bridgehead atoms. The average molecular weight is 228 g/mol. The monoisotopic (exact) mass is 227 g/mol. The van der Waals surface area contributed by atoms with Crippen molar-refractivity contribution >= 4 is 17.5 Å². The molecule has 15 heavy (non-hydrogen) atoms. The average Bonchev–Trinajstić information content (AvgIpc) is 2.18. The van der Waals surface area contributed by atoms with Gasteiger partial charge in [-0.25, -0.2) is 5.48 Å². The summed E-state index contributed by atoms with van der Waals surface area (Å²) in [5, 5.41) is 0.716. The fraction of sp³-hybridized carbons (Fsp3) is 0.364. The molecule has 1 atom stereocenters. The molecule has 0 aliphatic heterocycles. The molecule has 1 unspecified atom stereocenters. The van der Waals surface area contributed by atoms with Gasteiger partial charge in [0, 0.05) is 17.9 Å². The zero-order valence-corrected chi connectivity index (χ0v) is 9.54. The fourth-order valence-electron chi connectivity index (χ4n) is 1.16. The highest BCUT2D eigenvalue weighted by Crippen LogP contribution is 2.17. The van der Waals surface area contributed by atoms with Gasteiger partial charge in [-0.2, -0.15) is 0 Å². The Labute approximate surface area is 94.3 Å². The van der Waals surface area contributed by atoms with Crippen molar-refractivity contribution in [2.75, 3.05) is 6.61 Å². The van der Waals surface area contributed by atoms with E-state index in [9.17, 15) is 4.79 Å². The Balaban J connectivity index is 2.43. The van der Waals surface area contributed by atoms with E-state index in [-0.39, 0.29) is 11.8 Å². The third-order valence-electron chi connectivity index (χ3n) is 1.99. The Morgan fingerprint density at radius 3 is 2.60 bits per heavy atom. The third-order valence-corrected chi connectivity index (χ3v) is 2.24. The number of benzene rings is 1. The fourth-order valence-corrected chi connectivity index (χ4v) is 1.28. The van der Waals surface area contributed by atoms with Gasteiger partial charge < -0.3 is 0 Å². The van der Waals surface area contributed by atoms with Crippen LogP contribution in [0, 0.1) is 0 Å². The van der Waals surface area contributed by atoms with Gasteiger partial charge in [0.1, 0.15) is 0 Å². The van der Waals surface area contributed by atoms with Crippen LogP contribution in [0.15, 0.2) is 24.3 Å². The van der Waals surface area contributed by atoms with Gasteiger partial charge in [-0.3, -0.25) is 9.63 Å². The maximum atomic E-state index is 10.6. The van der Waals surface area contributed by atoms with Crippen molar-refractivity contribution in [3.05, 3.63) is 34.9 Å². The third kappa shape index (κ3) is 4.32. The van der Waals surface area contributed by atoms with Crippen molar-refractivity contribution in [1.82, 2.24) is 5.48 Å². The van der Waals surface area contributed by atoms with Crippen molar-refractivity contribution in [2.24, 2.45) is 0 Å². The van der Waals surface area contributed by atoms with Crippen LogP contribution in [0.2, 0.25) is 5.02 Å². The molecular weight excluding hydrogens is 214 g/mol. The van der Waals surface area contributed by atoms with Gasteiger partial charge in [-0.05, 0) is 17.7 Å². The summed E-state index contributed by atoms with van der Waals surface area (Å²) in [6, 6.07) is 7.58. The molecule has 0 heterocycles. The topological polar surface area (TPSA) is 38.3 Å². The molecule has 1 N–H and O–H groups in total. The zero-order chi connectivity index (χ0) is 11.3. The first-order chi connectivity index (χ1) is 7.09. The molecule has 0 saturated heterocycles. The van der Waals surface area contributed by atoms with E-state index >= 15 is 0 Å². The predicted octanol–water partition coefficient (Wildman–Crippen LogP) is 2.51. The minimum Gasteiger partial charge on any atom is -0.273 e. The molecule has 1 rings (SSSR count). The number of carbonyl (C=O) groups excluding carboxylic acids is 1. The second kappa shape index (κ2) is 5.73. The molecule has 0 aliphatic carbocycles. The van der Waals surface area contributed by atoms with E-state index in [0.717, 1.165) is 5.56 Å². The van der Waals surface area contributed by atoms with Crippen LogP contribution in [-0.4, -0.2) is 12.5 Å². The van der Waals surface area contributed by atoms with Gasteiger partial charge in [0.05, 0.1) is 6.61 Å². The Morgan fingerprint density at radius 1 is 1.47 bits per heavy atom. The number of carbonyl (C=O) groups is 1. The van der Waals surface area contributed by atoms with Gasteiger partial charge in [0.2, 0.25) is 5.91 Å². The molecule has 0 aliphatic rings. The number of hydrogen-bond acceptors (Lipinski definition) is 2. The lowest BCUT2D eigenvalue weighted by Crippen LogP contribution is -2.22. The summed E-state index contributed by atoms with van der Waals surface area (Å²) in [7, 11) is 0. The molecule has 0 aromatic heterocycles. The standard InChI is InChI=1S/C11H14ClNO2/c1-8(7-15-13-9(2)14)10-3-5-11(12)6-4-10/h3-6,8H,7H2,1-2H3,(H,13,14). The first kappa shape index (κ1) is 12.0. The van der Waals surface area contributed by atoms with Crippen molar-refractivity contribution in [1.29, 1.82) is 0 Å². The molecule has 0 radical (unpaired) electrons. The minimum atomic E-state index is -0.196. The molecule has 0 spiro atoms. The van der Waals surface area contributed by atoms with Crippen LogP contribution in [0.1, 0.15) is 25.3 Å². The summed E-state index contributed by atoms with van der Waals surface area (Å²) in [5.74, 6) is 0.0208. The molecule has 82 valence electrons. The highest BCUT2D eigenvalue weighted by atomic mass is 35.5. The van der Waals surface area contributed by atoms with Crippen LogP contribution < -0.4 is 5.48 Å². The summed E-state index contributed by atoms with van der Waals surface area (Å²) in [4.78, 5) is 15.6. The number of halogens is 1. The minimum absolute atomic E-state index is 0.196. The van der Waals surface area contributed by atoms with E-state index in [4.69, 9.17) is 16.4 Å². The van der Waals surface area contributed by atoms with Crippen LogP contribution >= 0.6 is 11.6 Å². The van der Waals surface area contributed by atoms with Crippen molar-refractivity contribution in [2.45, 2.75) is 19.8 Å². The molecule has 1 aromatic rings. The molecule has 1 amide bonds. The van der Waals surface area contributed by atoms with Crippen LogP contribution in [0.3, 0.4) is 0 Å². The summed E-state index contributed by atoms with van der Waals surface area (Å²) in [5.41, 5.74) is 3.42. The molecule has 1 aromatic carbocycles. The molecule has 3 nitrogen and oxygen atoms in total. The number of hydrogen-bond donors (Lipinski definition) is 1. The maximum absolute atomic E-state index is 10.6. The lowest BCUT2D eigenvalue weighted by atomic mass is 10.0. The highest BCUT2D eigenvalue weighted by Gasteiger charge is 2.05. The number of nitrogens with one attached hydrogen (secondary N) is 1. The van der Waals surface area contributed by atoms with Crippen LogP contribution in [-0.2, 0) is 9.63 Å². The van der Waals surface area contributed by atoms with Crippen molar-refractivity contribution < 1.29 is 9.63 Å². The number of rotatable bonds is 4. The van der Waals surface area contributed by atoms with Gasteiger partial charge in [-0.1, -0.05) is 30.7 Å². The largest absolute Gasteiger partial charge is 0.273 e. The summed E-state index contributed by atoms with van der Waals surface area (Å²) >= 11 is 5.77. The zero-order valence-electron chi connectivity index (χ0n) is 8.79. The van der Waals surface area contributed by atoms with Crippen molar-refractivity contribution in [3.63, 3.8) is 0 Å². The number of hydroxylamine groups is 1. The first-order valence-corrected chi connectivity index (χ1v) is 5.11. The molecule has 0 saturated carbocycles. The van der Waals surface area contributed by atoms with E-state index < -0.39 is 0 Å². The maximum Gasteiger partial charge on any atom is 0.240 e. The quantitative estimate of drug-likeness (QED) is 0.803. The van der Waals surface area contributed by atoms with E-state index in [1.54, 1.807) is 0 Å². The van der Waals surface area contributed by atoms with Gasteiger partial charge >= 0.3 is 0 Å². The highest BCUT2D eigenvalue weighted by molar-refractivity contribution is 6.30. The Kier molecular flexibility index (Phi) is 4.59. The lowest BCUT2D eigenvalue weighted by molar-refractivity contribution is -0.131. The normalized spacial score (nSPS) is 12.2. The van der Waals surface area contributed by atoms with Crippen LogP contribution in [0.4, 0.5) is 0 Å². The van der Waals surface area contributed by atoms with E-state index in [1.165, 1.54) is 6.92 Å². The molecular formula is C11H14ClNO2. The van der Waals surface area contributed by atoms with Crippen LogP contribution in [0.25, 0.3) is 0 Å². The Hall–Kier alpha value is -1.06. The van der Waals surface area contributed by atoms with E-state index in [0.29, 0.717) is 11.6 Å². The second-order valence-electron chi connectivity index (χ2n) is 3.42. The Bertz CT molecular complexity index is 324. The Morgan fingerprint density at radius 2 is 2.07 bits per heavy atom. The first-order valence-electron chi connectivity index (χ1n) is 4.73. The SMILES string of the molecule is CC(=O)NOCC(C)c1ccc(Cl)cc1. The number of amides is 1. The van der Waals surface area contributed by atoms with Crippen molar-refractivity contribution in [3.8, 4) is 0 Å². The predicted molar refractivity (Wildman–Crippen MR) is 59.6 cm³/mol. The van der Waals surface area contributed by atoms with Gasteiger partial charge in [0.25, 0.3) is 0 Å². The smallest absolute Gasteiger partial charge is 0.240 e. The summed E-state index contributed by atoms with van der Waals surface area (Å²) in [6.07, 6.45) is 0. The second-order valence-corrected chi connectivity index (χ2v) is 3.86. The lowest BCUT2D eigenvalue weighted by Gasteiger charge is -2.11. The summed E-state index contributed by atoms with van der Waals surface area (Å²) < 4.78 is 0.